The first kappa shape index (κ1) is 21.8. The highest BCUT2D eigenvalue weighted by Crippen LogP contribution is 2.48. The molecule has 1 aliphatic heterocycles. The smallest absolute Gasteiger partial charge is 0.240 e. The first-order valence-electron chi connectivity index (χ1n) is 12.0. The van der Waals surface area contributed by atoms with Gasteiger partial charge in [-0.25, -0.2) is 4.98 Å². The molecule has 4 aromatic rings. The van der Waals surface area contributed by atoms with E-state index < -0.39 is 0 Å². The van der Waals surface area contributed by atoms with Crippen LogP contribution in [0.5, 0.6) is 0 Å². The topological polar surface area (TPSA) is 35.2 Å². The van der Waals surface area contributed by atoms with Crippen molar-refractivity contribution in [2.45, 2.75) is 65.2 Å². The molecular weight excluding hydrogens is 408 g/mol. The molecule has 0 amide bonds. The van der Waals surface area contributed by atoms with E-state index in [-0.39, 0.29) is 17.7 Å². The zero-order valence-electron chi connectivity index (χ0n) is 20.5. The predicted octanol–water partition coefficient (Wildman–Crippen LogP) is 6.66. The maximum absolute atomic E-state index is 6.83. The number of rotatable bonds is 6. The zero-order chi connectivity index (χ0) is 23.3. The van der Waals surface area contributed by atoms with Crippen molar-refractivity contribution in [2.24, 2.45) is 0 Å². The number of aryl methyl sites for hydroxylation is 1. The van der Waals surface area contributed by atoms with Gasteiger partial charge in [0.05, 0.1) is 17.2 Å². The van der Waals surface area contributed by atoms with Crippen molar-refractivity contribution < 1.29 is 14.0 Å². The van der Waals surface area contributed by atoms with Crippen LogP contribution in [0, 0.1) is 6.92 Å². The van der Waals surface area contributed by atoms with E-state index in [0.29, 0.717) is 0 Å². The number of fused-ring (bicyclic) bond motifs is 3. The second-order valence-corrected chi connectivity index (χ2v) is 9.29. The third-order valence-electron chi connectivity index (χ3n) is 7.49. The lowest BCUT2D eigenvalue weighted by atomic mass is 9.77. The monoisotopic (exact) mass is 441 g/mol. The molecular formula is C29H33N2O2+. The summed E-state index contributed by atoms with van der Waals surface area (Å²) in [6.45, 7) is 10.7. The summed E-state index contributed by atoms with van der Waals surface area (Å²) in [6, 6.07) is 15.3. The Bertz CT molecular complexity index is 1400. The number of aromatic nitrogens is 2. The van der Waals surface area contributed by atoms with Gasteiger partial charge in [0.25, 0.3) is 0 Å². The molecule has 170 valence electrons. The lowest BCUT2D eigenvalue weighted by Crippen LogP contribution is -2.61. The van der Waals surface area contributed by atoms with Crippen molar-refractivity contribution in [2.75, 3.05) is 7.11 Å². The van der Waals surface area contributed by atoms with Crippen LogP contribution < -0.4 is 4.57 Å². The van der Waals surface area contributed by atoms with Crippen LogP contribution in [-0.4, -0.2) is 18.2 Å². The lowest BCUT2D eigenvalue weighted by Gasteiger charge is -2.39. The fourth-order valence-electron chi connectivity index (χ4n) is 5.78. The molecule has 0 spiro atoms. The van der Waals surface area contributed by atoms with Crippen LogP contribution >= 0.6 is 0 Å². The molecule has 2 atom stereocenters. The highest BCUT2D eigenvalue weighted by atomic mass is 16.5. The minimum Gasteiger partial charge on any atom is -0.483 e. The quantitative estimate of drug-likeness (QED) is 0.191. The van der Waals surface area contributed by atoms with Gasteiger partial charge in [-0.05, 0) is 37.6 Å². The number of hydrogen-bond donors (Lipinski definition) is 0. The summed E-state index contributed by atoms with van der Waals surface area (Å²) >= 11 is 0. The summed E-state index contributed by atoms with van der Waals surface area (Å²) in [7, 11) is 1.73. The summed E-state index contributed by atoms with van der Waals surface area (Å²) in [6.07, 6.45) is 6.08. The fourth-order valence-corrected chi connectivity index (χ4v) is 5.78. The lowest BCUT2D eigenvalue weighted by molar-refractivity contribution is -0.755. The Kier molecular flexibility index (Phi) is 5.37. The van der Waals surface area contributed by atoms with Crippen LogP contribution in [-0.2, 0) is 15.0 Å². The van der Waals surface area contributed by atoms with Crippen LogP contribution in [0.4, 0.5) is 0 Å². The Morgan fingerprint density at radius 1 is 1.09 bits per heavy atom. The fraction of sp³-hybridized carbons (Fsp3) is 0.379. The maximum atomic E-state index is 6.83. The van der Waals surface area contributed by atoms with Gasteiger partial charge in [-0.2, -0.15) is 4.57 Å². The maximum Gasteiger partial charge on any atom is 0.240 e. The van der Waals surface area contributed by atoms with Crippen LogP contribution in [0.25, 0.3) is 32.6 Å². The molecule has 2 unspecified atom stereocenters. The van der Waals surface area contributed by atoms with Crippen molar-refractivity contribution in [3.05, 3.63) is 71.8 Å². The van der Waals surface area contributed by atoms with E-state index in [9.17, 15) is 0 Å². The van der Waals surface area contributed by atoms with Crippen molar-refractivity contribution in [3.63, 3.8) is 0 Å². The van der Waals surface area contributed by atoms with Gasteiger partial charge in [-0.15, -0.1) is 0 Å². The second-order valence-electron chi connectivity index (χ2n) is 9.29. The van der Waals surface area contributed by atoms with E-state index >= 15 is 0 Å². The number of nitrogens with zero attached hydrogens (tertiary/aromatic N) is 2. The van der Waals surface area contributed by atoms with Crippen LogP contribution in [0.2, 0.25) is 0 Å². The molecule has 0 radical (unpaired) electrons. The molecule has 1 aromatic heterocycles. The van der Waals surface area contributed by atoms with E-state index in [1.807, 2.05) is 13.8 Å². The largest absolute Gasteiger partial charge is 0.483 e. The molecule has 0 fully saturated rings. The second kappa shape index (κ2) is 8.11. The van der Waals surface area contributed by atoms with E-state index in [0.717, 1.165) is 29.8 Å². The standard InChI is InChI=1S/C29H33N2O2/c1-7-29(8-2)28(33-20(5)16-19(4)32-6)24-15-11-14-22-21-12-9-10-13-23(21)26-27(25(22)24)31(29)17-18(3)30-26/h9-17,19,28H,7-8H2,1-6H3/q+1. The average Bonchev–Trinajstić information content (AvgIpc) is 2.83. The van der Waals surface area contributed by atoms with Crippen molar-refractivity contribution in [3.8, 4) is 0 Å². The molecule has 4 nitrogen and oxygen atoms in total. The normalized spacial score (nSPS) is 18.4. The Balaban J connectivity index is 1.93. The molecule has 33 heavy (non-hydrogen) atoms. The van der Waals surface area contributed by atoms with Crippen molar-refractivity contribution in [1.82, 2.24) is 4.98 Å². The minimum absolute atomic E-state index is 0.000736. The minimum atomic E-state index is -0.221. The summed E-state index contributed by atoms with van der Waals surface area (Å²) in [5.74, 6) is 0.893. The molecule has 0 bridgehead atoms. The molecule has 0 saturated carbocycles. The predicted molar refractivity (Wildman–Crippen MR) is 134 cm³/mol. The van der Waals surface area contributed by atoms with Gasteiger partial charge in [0.1, 0.15) is 11.2 Å². The van der Waals surface area contributed by atoms with Crippen LogP contribution in [0.3, 0.4) is 0 Å². The first-order valence-corrected chi connectivity index (χ1v) is 12.0. The summed E-state index contributed by atoms with van der Waals surface area (Å²) in [5.41, 5.74) is 4.35. The Hall–Kier alpha value is -2.98. The van der Waals surface area contributed by atoms with Gasteiger partial charge in [-0.3, -0.25) is 0 Å². The number of ether oxygens (including phenoxy) is 2. The SMILES string of the molecule is CCC1(CC)C(OC(C)=CC(C)OC)c2cccc3c4ccccc4c4nc(C)c[n+]1c4c23. The molecule has 0 aliphatic carbocycles. The van der Waals surface area contributed by atoms with Crippen LogP contribution in [0.1, 0.15) is 57.9 Å². The summed E-state index contributed by atoms with van der Waals surface area (Å²) < 4.78 is 14.8. The van der Waals surface area contributed by atoms with Gasteiger partial charge in [-0.1, -0.05) is 56.3 Å². The molecule has 4 heteroatoms. The van der Waals surface area contributed by atoms with Gasteiger partial charge in [0.15, 0.2) is 12.3 Å². The molecule has 3 aromatic carbocycles. The third-order valence-corrected chi connectivity index (χ3v) is 7.49. The van der Waals surface area contributed by atoms with Gasteiger partial charge >= 0.3 is 0 Å². The van der Waals surface area contributed by atoms with Crippen LogP contribution in [0.15, 0.2) is 60.5 Å². The van der Waals surface area contributed by atoms with Gasteiger partial charge in [0.2, 0.25) is 11.1 Å². The van der Waals surface area contributed by atoms with E-state index in [1.54, 1.807) is 7.11 Å². The number of methoxy groups -OCH3 is 1. The molecule has 0 saturated heterocycles. The van der Waals surface area contributed by atoms with Gasteiger partial charge in [0, 0.05) is 30.9 Å². The van der Waals surface area contributed by atoms with Crippen molar-refractivity contribution >= 4 is 32.6 Å². The Morgan fingerprint density at radius 2 is 1.79 bits per heavy atom. The molecule has 1 aliphatic rings. The summed E-state index contributed by atoms with van der Waals surface area (Å²) in [4.78, 5) is 5.07. The summed E-state index contributed by atoms with van der Waals surface area (Å²) in [5, 5.41) is 4.97. The number of benzene rings is 3. The van der Waals surface area contributed by atoms with E-state index in [4.69, 9.17) is 14.5 Å². The molecule has 5 rings (SSSR count). The first-order chi connectivity index (χ1) is 15.9. The third kappa shape index (κ3) is 3.15. The Morgan fingerprint density at radius 3 is 2.48 bits per heavy atom. The van der Waals surface area contributed by atoms with Gasteiger partial charge < -0.3 is 9.47 Å². The van der Waals surface area contributed by atoms with Crippen molar-refractivity contribution in [1.29, 1.82) is 0 Å². The number of hydrogen-bond acceptors (Lipinski definition) is 3. The van der Waals surface area contributed by atoms with E-state index in [1.165, 1.54) is 32.6 Å². The zero-order valence-corrected chi connectivity index (χ0v) is 20.5. The number of allylic oxidation sites excluding steroid dienone is 1. The molecule has 0 N–H and O–H groups in total. The average molecular weight is 442 g/mol. The Labute approximate surface area is 195 Å². The van der Waals surface area contributed by atoms with E-state index in [2.05, 4.69) is 80.1 Å². The molecule has 2 heterocycles. The highest BCUT2D eigenvalue weighted by Gasteiger charge is 2.52. The highest BCUT2D eigenvalue weighted by molar-refractivity contribution is 6.23.